The topological polar surface area (TPSA) is 40.5 Å². The number of halogens is 13. The molecule has 2 nitrogen and oxygen atoms in total. The van der Waals surface area contributed by atoms with E-state index in [2.05, 4.69) is 0 Å². The van der Waals surface area contributed by atoms with Crippen molar-refractivity contribution in [2.24, 2.45) is 0 Å². The molecule has 16 heteroatoms. The van der Waals surface area contributed by atoms with Gasteiger partial charge in [0.05, 0.1) is 0 Å². The average molecular weight is 850 g/mol. The molecule has 0 heterocycles. The first-order chi connectivity index (χ1) is 15.8. The summed E-state index contributed by atoms with van der Waals surface area (Å²) in [6, 6.07) is 6.35. The van der Waals surface area contributed by atoms with Crippen molar-refractivity contribution in [2.45, 2.75) is 49.8 Å². The van der Waals surface area contributed by atoms with Crippen LogP contribution in [0.15, 0.2) is 36.4 Å². The van der Waals surface area contributed by atoms with Gasteiger partial charge in [0.2, 0.25) is 0 Å². The molecule has 0 aliphatic rings. The molecule has 0 saturated heterocycles. The van der Waals surface area contributed by atoms with Crippen molar-refractivity contribution in [3.05, 3.63) is 62.2 Å². The Kier molecular flexibility index (Phi) is 9.87. The molecule has 0 unspecified atom stereocenters. The SMILES string of the molecule is Cc1ccc([125I])c(C(O)(C(F)(F)F)C(F)(F)F)c1.Cc1ccc([211At])c(C(O)(C(F)(F)F)C(F)(F)F)c1. The van der Waals surface area contributed by atoms with Crippen LogP contribution in [0.25, 0.3) is 0 Å². The van der Waals surface area contributed by atoms with Crippen LogP contribution in [0.1, 0.15) is 22.3 Å². The van der Waals surface area contributed by atoms with Gasteiger partial charge in [0.1, 0.15) is 0 Å². The summed E-state index contributed by atoms with van der Waals surface area (Å²) < 4.78 is 151. The Bertz CT molecular complexity index is 961. The third kappa shape index (κ3) is 6.40. The van der Waals surface area contributed by atoms with Crippen LogP contribution in [0.4, 0.5) is 52.7 Å². The summed E-state index contributed by atoms with van der Waals surface area (Å²) >= 11 is 1.96. The van der Waals surface area contributed by atoms with E-state index in [0.717, 1.165) is 12.1 Å². The minimum atomic E-state index is -5.85. The molecule has 2 aromatic carbocycles. The van der Waals surface area contributed by atoms with Gasteiger partial charge in [-0.3, -0.25) is 0 Å². The molecule has 0 radical (unpaired) electrons. The first-order valence-corrected chi connectivity index (χ1v) is 11.6. The summed E-state index contributed by atoms with van der Waals surface area (Å²) in [5.74, 6) is 0. The summed E-state index contributed by atoms with van der Waals surface area (Å²) in [5, 5.41) is 18.4. The maximum absolute atomic E-state index is 12.6. The van der Waals surface area contributed by atoms with Crippen molar-refractivity contribution in [3.63, 3.8) is 0 Å². The van der Waals surface area contributed by atoms with Crippen molar-refractivity contribution in [2.75, 3.05) is 0 Å². The molecular formula is C20H14AtF12IO2. The van der Waals surface area contributed by atoms with Gasteiger partial charge >= 0.3 is 126 Å². The summed E-state index contributed by atoms with van der Waals surface area (Å²) in [6.07, 6.45) is -23.4. The molecule has 0 aromatic heterocycles. The zero-order chi connectivity index (χ0) is 28.7. The summed E-state index contributed by atoms with van der Waals surface area (Å²) in [5.41, 5.74) is -11.7. The molecule has 0 atom stereocenters. The van der Waals surface area contributed by atoms with Crippen LogP contribution in [0, 0.1) is 42.1 Å². The molecule has 36 heavy (non-hydrogen) atoms. The van der Waals surface area contributed by atoms with Crippen molar-refractivity contribution in [3.8, 4) is 0 Å². The van der Waals surface area contributed by atoms with Crippen LogP contribution >= 0.6 is 22.6 Å². The summed E-state index contributed by atoms with van der Waals surface area (Å²) in [4.78, 5) is 0. The molecule has 0 aliphatic heterocycles. The number of alkyl halides is 12. The van der Waals surface area contributed by atoms with Crippen LogP contribution in [0.2, 0.25) is 0 Å². The zero-order valence-electron chi connectivity index (χ0n) is 17.7. The third-order valence-corrected chi connectivity index (χ3v) is 6.89. The Morgan fingerprint density at radius 3 is 1.25 bits per heavy atom. The second-order valence-electron chi connectivity index (χ2n) is 7.38. The average Bonchev–Trinajstić information content (AvgIpc) is 2.67. The summed E-state index contributed by atoms with van der Waals surface area (Å²) in [6.45, 7) is 2.69. The first-order valence-electron chi connectivity index (χ1n) is 9.07. The van der Waals surface area contributed by atoms with Crippen LogP contribution in [0.3, 0.4) is 0 Å². The van der Waals surface area contributed by atoms with E-state index in [1.807, 2.05) is 0 Å². The quantitative estimate of drug-likeness (QED) is 0.272. The van der Waals surface area contributed by atoms with Gasteiger partial charge < -0.3 is 5.11 Å². The second kappa shape index (κ2) is 10.7. The van der Waals surface area contributed by atoms with Gasteiger partial charge in [-0.25, -0.2) is 0 Å². The number of aryl methyl sites for hydroxylation is 2. The van der Waals surface area contributed by atoms with E-state index >= 15 is 0 Å². The van der Waals surface area contributed by atoms with E-state index in [1.54, 1.807) is 0 Å². The van der Waals surface area contributed by atoms with Gasteiger partial charge in [-0.05, 0) is 35.6 Å². The number of benzene rings is 2. The Hall–Kier alpha value is -0.867. The molecule has 0 bridgehead atoms. The normalized spacial score (nSPS) is 13.8. The van der Waals surface area contributed by atoms with Crippen LogP contribution < -0.4 is 3.27 Å². The monoisotopic (exact) mass is 850 g/mol. The molecule has 0 aliphatic carbocycles. The standard InChI is InChI=1S/C10H7AtF6O.C10H7F6IO/c1-5-2-3-7(11)6(4-5)8(18,9(12,13)14)10(15,16)17;1-5-2-3-7(17)6(4-5)8(18,9(11,12)13)10(14,15)16/h2*2-4,18H,1H3/i11+1;17-2. The minimum absolute atomic E-state index is 0.192. The van der Waals surface area contributed by atoms with Gasteiger partial charge in [0.15, 0.2) is 0 Å². The number of hydrogen-bond donors (Lipinski definition) is 2. The van der Waals surface area contributed by atoms with Crippen LogP contribution in [-0.2, 0) is 11.2 Å². The van der Waals surface area contributed by atoms with E-state index in [1.165, 1.54) is 48.6 Å². The van der Waals surface area contributed by atoms with E-state index in [0.29, 0.717) is 36.9 Å². The van der Waals surface area contributed by atoms with Crippen molar-refractivity contribution in [1.82, 2.24) is 0 Å². The fraction of sp³-hybridized carbons (Fsp3) is 0.400. The third-order valence-electron chi connectivity index (χ3n) is 4.66. The predicted octanol–water partition coefficient (Wildman–Crippen LogP) is 6.39. The Balaban J connectivity index is 0.000000360. The molecule has 2 N–H and O–H groups in total. The van der Waals surface area contributed by atoms with Crippen molar-refractivity contribution in [1.29, 1.82) is 0 Å². The zero-order valence-corrected chi connectivity index (χ0v) is 22.7. The predicted molar refractivity (Wildman–Crippen MR) is 107 cm³/mol. The fourth-order valence-electron chi connectivity index (χ4n) is 2.76. The van der Waals surface area contributed by atoms with Gasteiger partial charge in [-0.1, -0.05) is 17.7 Å². The first kappa shape index (κ1) is 33.2. The van der Waals surface area contributed by atoms with Crippen molar-refractivity contribution >= 4 is 25.9 Å². The van der Waals surface area contributed by atoms with Crippen molar-refractivity contribution < 1.29 is 87.6 Å². The Morgan fingerprint density at radius 1 is 0.583 bits per heavy atom. The van der Waals surface area contributed by atoms with E-state index < -0.39 is 47.0 Å². The van der Waals surface area contributed by atoms with Gasteiger partial charge in [0, 0.05) is 9.13 Å². The van der Waals surface area contributed by atoms with Gasteiger partial charge in [0.25, 0.3) is 5.60 Å². The maximum atomic E-state index is 12.6. The molecule has 0 spiro atoms. The van der Waals surface area contributed by atoms with E-state index in [9.17, 15) is 62.9 Å². The summed E-state index contributed by atoms with van der Waals surface area (Å²) in [7, 11) is 0. The Morgan fingerprint density at radius 2 is 0.889 bits per heavy atom. The number of aliphatic hydroxyl groups is 2. The van der Waals surface area contributed by atoms with Crippen LogP contribution in [-0.4, -0.2) is 34.9 Å². The number of rotatable bonds is 2. The molecule has 2 rings (SSSR count). The number of hydrogen-bond acceptors (Lipinski definition) is 2. The molecule has 2 aromatic rings. The Labute approximate surface area is 224 Å². The van der Waals surface area contributed by atoms with Gasteiger partial charge in [-0.2, -0.15) is 26.3 Å². The van der Waals surface area contributed by atoms with E-state index in [4.69, 9.17) is 0 Å². The molecule has 0 saturated carbocycles. The molecule has 0 amide bonds. The second-order valence-corrected chi connectivity index (χ2v) is 10.1. The van der Waals surface area contributed by atoms with Crippen LogP contribution in [0.5, 0.6) is 0 Å². The fourth-order valence-corrected chi connectivity index (χ4v) is 4.48. The molecule has 0 fully saturated rings. The van der Waals surface area contributed by atoms with E-state index in [-0.39, 0.29) is 18.0 Å². The van der Waals surface area contributed by atoms with Gasteiger partial charge in [-0.15, -0.1) is 0 Å². The molecular weight excluding hydrogens is 836 g/mol. The molecule has 204 valence electrons.